The van der Waals surface area contributed by atoms with Crippen molar-refractivity contribution in [2.45, 2.75) is 25.2 Å². The highest BCUT2D eigenvalue weighted by Crippen LogP contribution is 2.28. The predicted octanol–water partition coefficient (Wildman–Crippen LogP) is 2.20. The van der Waals surface area contributed by atoms with Gasteiger partial charge in [0.05, 0.1) is 0 Å². The highest BCUT2D eigenvalue weighted by Gasteiger charge is 2.28. The first kappa shape index (κ1) is 16.4. The molecule has 1 N–H and O–H groups in total. The molecule has 10 heteroatoms. The van der Waals surface area contributed by atoms with Crippen molar-refractivity contribution >= 4 is 34.0 Å². The Kier molecular flexibility index (Phi) is 4.12. The Morgan fingerprint density at radius 1 is 1.15 bits per heavy atom. The Hall–Kier alpha value is -2.75. The lowest BCUT2D eigenvalue weighted by Gasteiger charge is -2.32. The van der Waals surface area contributed by atoms with Gasteiger partial charge < -0.3 is 9.80 Å². The predicted molar refractivity (Wildman–Crippen MR) is 102 cm³/mol. The van der Waals surface area contributed by atoms with Gasteiger partial charge in [0.25, 0.3) is 0 Å². The summed E-state index contributed by atoms with van der Waals surface area (Å²) in [5.74, 6) is 2.13. The maximum absolute atomic E-state index is 12.4. The number of amides is 2. The van der Waals surface area contributed by atoms with E-state index in [1.54, 1.807) is 6.20 Å². The fourth-order valence-corrected chi connectivity index (χ4v) is 4.08. The van der Waals surface area contributed by atoms with Gasteiger partial charge in [-0.15, -0.1) is 26.6 Å². The summed E-state index contributed by atoms with van der Waals surface area (Å²) in [5.41, 5.74) is 0.776. The van der Waals surface area contributed by atoms with Gasteiger partial charge in [-0.25, -0.2) is 9.78 Å². The first-order valence-electron chi connectivity index (χ1n) is 9.21. The zero-order chi connectivity index (χ0) is 18.2. The summed E-state index contributed by atoms with van der Waals surface area (Å²) in [6.45, 7) is 3.48. The highest BCUT2D eigenvalue weighted by atomic mass is 32.1. The summed E-state index contributed by atoms with van der Waals surface area (Å²) >= 11 is 1.42. The number of rotatable bonds is 3. The lowest BCUT2D eigenvalue weighted by molar-refractivity contribution is 0.193. The average Bonchev–Trinajstić information content (AvgIpc) is 3.30. The van der Waals surface area contributed by atoms with Crippen LogP contribution in [0.1, 0.15) is 31.0 Å². The first-order valence-corrected chi connectivity index (χ1v) is 10.1. The molecule has 2 saturated heterocycles. The van der Waals surface area contributed by atoms with Crippen LogP contribution >= 0.6 is 11.3 Å². The minimum Gasteiger partial charge on any atom is -0.355 e. The lowest BCUT2D eigenvalue weighted by Crippen LogP contribution is -2.41. The maximum Gasteiger partial charge on any atom is 0.323 e. The number of hydrogen-bond donors (Lipinski definition) is 1. The molecule has 0 atom stereocenters. The topological polar surface area (TPSA) is 91.5 Å². The quantitative estimate of drug-likeness (QED) is 0.744. The van der Waals surface area contributed by atoms with Gasteiger partial charge in [0, 0.05) is 43.7 Å². The number of nitrogens with zero attached hydrogens (tertiary/aromatic N) is 7. The first-order chi connectivity index (χ1) is 13.3. The standard InChI is InChI=1S/C17H20N8OS/c26-17(19-16-18-6-11-27-16)24-9-4-12(5-10-24)15-21-20-13-2-3-14(22-25(13)15)23-7-1-8-23/h2-3,6,11-12H,1,4-5,7-10H2,(H,18,19,26). The van der Waals surface area contributed by atoms with Crippen LogP contribution in [0.3, 0.4) is 0 Å². The van der Waals surface area contributed by atoms with Crippen molar-refractivity contribution in [3.8, 4) is 0 Å². The summed E-state index contributed by atoms with van der Waals surface area (Å²) in [5, 5.41) is 18.8. The van der Waals surface area contributed by atoms with E-state index >= 15 is 0 Å². The SMILES string of the molecule is O=C(Nc1nccs1)N1CCC(c2nnc3ccc(N4CCC4)nn23)CC1. The van der Waals surface area contributed by atoms with Crippen LogP contribution in [0.25, 0.3) is 5.65 Å². The summed E-state index contributed by atoms with van der Waals surface area (Å²) in [6, 6.07) is 3.90. The van der Waals surface area contributed by atoms with Gasteiger partial charge in [0.1, 0.15) is 5.82 Å². The number of hydrogen-bond acceptors (Lipinski definition) is 7. The van der Waals surface area contributed by atoms with Gasteiger partial charge in [-0.1, -0.05) is 0 Å². The van der Waals surface area contributed by atoms with E-state index < -0.39 is 0 Å². The zero-order valence-corrected chi connectivity index (χ0v) is 15.6. The highest BCUT2D eigenvalue weighted by molar-refractivity contribution is 7.13. The minimum atomic E-state index is -0.0901. The minimum absolute atomic E-state index is 0.0901. The van der Waals surface area contributed by atoms with Gasteiger partial charge in [-0.05, 0) is 31.4 Å². The van der Waals surface area contributed by atoms with Crippen LogP contribution in [0, 0.1) is 0 Å². The molecule has 0 bridgehead atoms. The normalized spacial score (nSPS) is 17.9. The van der Waals surface area contributed by atoms with Crippen LogP contribution in [0.5, 0.6) is 0 Å². The van der Waals surface area contributed by atoms with Crippen molar-refractivity contribution in [3.05, 3.63) is 29.5 Å². The van der Waals surface area contributed by atoms with E-state index in [2.05, 4.69) is 25.4 Å². The van der Waals surface area contributed by atoms with Crippen molar-refractivity contribution in [1.29, 1.82) is 0 Å². The van der Waals surface area contributed by atoms with Crippen LogP contribution in [0.2, 0.25) is 0 Å². The number of thiazole rings is 1. The van der Waals surface area contributed by atoms with E-state index in [9.17, 15) is 4.79 Å². The Morgan fingerprint density at radius 3 is 2.70 bits per heavy atom. The number of piperidine rings is 1. The van der Waals surface area contributed by atoms with Crippen molar-refractivity contribution in [2.75, 3.05) is 36.4 Å². The van der Waals surface area contributed by atoms with Crippen LogP contribution in [-0.4, -0.2) is 61.9 Å². The number of urea groups is 1. The van der Waals surface area contributed by atoms with E-state index in [1.165, 1.54) is 17.8 Å². The Balaban J connectivity index is 1.28. The van der Waals surface area contributed by atoms with Gasteiger partial charge >= 0.3 is 6.03 Å². The number of fused-ring (bicyclic) bond motifs is 1. The van der Waals surface area contributed by atoms with Crippen LogP contribution in [-0.2, 0) is 0 Å². The maximum atomic E-state index is 12.4. The molecule has 2 aliphatic heterocycles. The van der Waals surface area contributed by atoms with E-state index in [1.807, 2.05) is 26.9 Å². The number of anilines is 2. The Labute approximate surface area is 160 Å². The molecule has 5 heterocycles. The molecule has 3 aromatic rings. The van der Waals surface area contributed by atoms with E-state index in [0.717, 1.165) is 43.2 Å². The molecule has 0 saturated carbocycles. The van der Waals surface area contributed by atoms with Crippen LogP contribution < -0.4 is 10.2 Å². The van der Waals surface area contributed by atoms with Gasteiger partial charge in [-0.3, -0.25) is 5.32 Å². The molecule has 0 spiro atoms. The smallest absolute Gasteiger partial charge is 0.323 e. The number of aromatic nitrogens is 5. The van der Waals surface area contributed by atoms with E-state index in [0.29, 0.717) is 18.2 Å². The summed E-state index contributed by atoms with van der Waals surface area (Å²) in [7, 11) is 0. The number of likely N-dealkylation sites (tertiary alicyclic amines) is 1. The fourth-order valence-electron chi connectivity index (χ4n) is 3.56. The number of carbonyl (C=O) groups is 1. The third-order valence-corrected chi connectivity index (χ3v) is 5.93. The summed E-state index contributed by atoms with van der Waals surface area (Å²) in [4.78, 5) is 20.6. The van der Waals surface area contributed by atoms with Crippen molar-refractivity contribution in [1.82, 2.24) is 29.7 Å². The average molecular weight is 384 g/mol. The molecular weight excluding hydrogens is 364 g/mol. The number of carbonyl (C=O) groups excluding carboxylic acids is 1. The Bertz CT molecular complexity index is 943. The molecule has 0 radical (unpaired) electrons. The summed E-state index contributed by atoms with van der Waals surface area (Å²) < 4.78 is 1.88. The molecule has 0 unspecified atom stereocenters. The summed E-state index contributed by atoms with van der Waals surface area (Å²) in [6.07, 6.45) is 4.60. The molecule has 2 fully saturated rings. The molecule has 5 rings (SSSR count). The van der Waals surface area contributed by atoms with Crippen molar-refractivity contribution in [2.24, 2.45) is 0 Å². The van der Waals surface area contributed by atoms with Gasteiger partial charge in [0.15, 0.2) is 16.6 Å². The number of nitrogens with one attached hydrogen (secondary N) is 1. The molecule has 2 aliphatic rings. The largest absolute Gasteiger partial charge is 0.355 e. The molecule has 2 amide bonds. The van der Waals surface area contributed by atoms with Gasteiger partial charge in [-0.2, -0.15) is 4.52 Å². The second-order valence-corrected chi connectivity index (χ2v) is 7.78. The zero-order valence-electron chi connectivity index (χ0n) is 14.8. The van der Waals surface area contributed by atoms with Crippen LogP contribution in [0.4, 0.5) is 15.7 Å². The third-order valence-electron chi connectivity index (χ3n) is 5.25. The second-order valence-electron chi connectivity index (χ2n) is 6.89. The molecule has 0 aliphatic carbocycles. The molecule has 9 nitrogen and oxygen atoms in total. The van der Waals surface area contributed by atoms with Crippen LogP contribution in [0.15, 0.2) is 23.7 Å². The Morgan fingerprint density at radius 2 is 2.00 bits per heavy atom. The van der Waals surface area contributed by atoms with E-state index in [-0.39, 0.29) is 11.9 Å². The van der Waals surface area contributed by atoms with Crippen molar-refractivity contribution < 1.29 is 4.79 Å². The van der Waals surface area contributed by atoms with E-state index in [4.69, 9.17) is 5.10 Å². The fraction of sp³-hybridized carbons (Fsp3) is 0.471. The molecule has 3 aromatic heterocycles. The van der Waals surface area contributed by atoms with Gasteiger partial charge in [0.2, 0.25) is 0 Å². The van der Waals surface area contributed by atoms with Crippen molar-refractivity contribution in [3.63, 3.8) is 0 Å². The molecular formula is C17H20N8OS. The molecule has 140 valence electrons. The monoisotopic (exact) mass is 384 g/mol. The molecule has 27 heavy (non-hydrogen) atoms. The third kappa shape index (κ3) is 3.09. The molecule has 0 aromatic carbocycles. The second kappa shape index (κ2) is 6.76. The lowest BCUT2D eigenvalue weighted by atomic mass is 9.96.